The third kappa shape index (κ3) is 4.02. The number of aliphatic hydroxyl groups is 1. The van der Waals surface area contributed by atoms with Crippen LogP contribution in [0.3, 0.4) is 0 Å². The number of aromatic nitrogens is 4. The Morgan fingerprint density at radius 2 is 1.85 bits per heavy atom. The summed E-state index contributed by atoms with van der Waals surface area (Å²) >= 11 is 0. The van der Waals surface area contributed by atoms with Crippen LogP contribution >= 0.6 is 0 Å². The summed E-state index contributed by atoms with van der Waals surface area (Å²) in [6, 6.07) is 16.1. The van der Waals surface area contributed by atoms with E-state index in [9.17, 15) is 10.4 Å². The summed E-state index contributed by atoms with van der Waals surface area (Å²) in [6.45, 7) is 0. The Kier molecular flexibility index (Phi) is 5.23. The maximum Gasteiger partial charge on any atom is 0.132 e. The number of fused-ring (bicyclic) bond motifs is 1. The predicted octanol–water partition coefficient (Wildman–Crippen LogP) is 5.46. The Labute approximate surface area is 198 Å². The predicted molar refractivity (Wildman–Crippen MR) is 131 cm³/mol. The maximum absolute atomic E-state index is 10.6. The lowest BCUT2D eigenvalue weighted by Gasteiger charge is -2.29. The molecule has 2 saturated carbocycles. The fourth-order valence-electron chi connectivity index (χ4n) is 4.98. The molecule has 3 heterocycles. The monoisotopic (exact) mass is 450 g/mol. The molecule has 0 spiro atoms. The Morgan fingerprint density at radius 1 is 0.971 bits per heavy atom. The fraction of sp³-hybridized carbons (Fsp3) is 0.333. The molecule has 2 aliphatic rings. The highest BCUT2D eigenvalue weighted by atomic mass is 16.3. The van der Waals surface area contributed by atoms with Crippen LogP contribution in [0.25, 0.3) is 22.3 Å². The molecule has 0 bridgehead atoms. The molecular formula is C27H26N6O. The molecule has 0 amide bonds. The number of rotatable bonds is 5. The van der Waals surface area contributed by atoms with E-state index in [-0.39, 0.29) is 12.1 Å². The fourth-order valence-corrected chi connectivity index (χ4v) is 4.98. The van der Waals surface area contributed by atoms with E-state index in [2.05, 4.69) is 50.2 Å². The van der Waals surface area contributed by atoms with Gasteiger partial charge in [-0.1, -0.05) is 18.9 Å². The molecular weight excluding hydrogens is 424 g/mol. The lowest BCUT2D eigenvalue weighted by molar-refractivity contribution is 0.0773. The number of nitrogens with one attached hydrogen (secondary N) is 1. The minimum atomic E-state index is -0.335. The van der Waals surface area contributed by atoms with Crippen LogP contribution in [0.2, 0.25) is 0 Å². The van der Waals surface area contributed by atoms with Crippen LogP contribution in [-0.4, -0.2) is 30.7 Å². The third-order valence-corrected chi connectivity index (χ3v) is 6.96. The third-order valence-electron chi connectivity index (χ3n) is 6.96. The summed E-state index contributed by atoms with van der Waals surface area (Å²) in [7, 11) is 0. The number of nitriles is 1. The van der Waals surface area contributed by atoms with Crippen molar-refractivity contribution in [3.63, 3.8) is 0 Å². The molecule has 6 rings (SSSR count). The van der Waals surface area contributed by atoms with Crippen molar-refractivity contribution >= 4 is 22.7 Å². The highest BCUT2D eigenvalue weighted by molar-refractivity contribution is 5.82. The second kappa shape index (κ2) is 8.54. The first-order valence-corrected chi connectivity index (χ1v) is 12.0. The molecule has 2 atom stereocenters. The van der Waals surface area contributed by atoms with E-state index in [1.807, 2.05) is 12.4 Å². The summed E-state index contributed by atoms with van der Waals surface area (Å²) in [4.78, 5) is 13.8. The van der Waals surface area contributed by atoms with Crippen molar-refractivity contribution in [1.82, 2.24) is 19.5 Å². The number of hydrogen-bond donors (Lipinski definition) is 2. The van der Waals surface area contributed by atoms with E-state index in [4.69, 9.17) is 4.98 Å². The Balaban J connectivity index is 1.39. The van der Waals surface area contributed by atoms with Crippen LogP contribution < -0.4 is 5.32 Å². The Hall–Kier alpha value is -3.76. The average molecular weight is 451 g/mol. The normalized spacial score (nSPS) is 20.2. The van der Waals surface area contributed by atoms with Crippen molar-refractivity contribution in [2.45, 2.75) is 56.6 Å². The second-order valence-corrected chi connectivity index (χ2v) is 9.39. The van der Waals surface area contributed by atoms with Gasteiger partial charge in [0.2, 0.25) is 0 Å². The molecule has 2 aliphatic carbocycles. The molecule has 3 aromatic heterocycles. The topological polar surface area (TPSA) is 99.7 Å². The van der Waals surface area contributed by atoms with Gasteiger partial charge in [0.15, 0.2) is 0 Å². The molecule has 0 aliphatic heterocycles. The molecule has 1 aromatic carbocycles. The van der Waals surface area contributed by atoms with E-state index in [0.717, 1.165) is 53.8 Å². The quantitative estimate of drug-likeness (QED) is 0.419. The standard InChI is InChI=1S/C27H26N6O/c28-15-17-9-10-29-26(11-17)32-27-14-20(18-5-6-18)12-22(31-27)19-7-8-21-24(13-19)33(16-30-21)23-3-1-2-4-25(23)34/h7-14,16,18,23,25,34H,1-6H2,(H,29,31,32)/t23-,25-/m1/s1. The highest BCUT2D eigenvalue weighted by Gasteiger charge is 2.27. The summed E-state index contributed by atoms with van der Waals surface area (Å²) in [5.74, 6) is 1.89. The molecule has 7 heteroatoms. The van der Waals surface area contributed by atoms with E-state index in [0.29, 0.717) is 17.3 Å². The van der Waals surface area contributed by atoms with Gasteiger partial charge in [-0.25, -0.2) is 15.0 Å². The summed E-state index contributed by atoms with van der Waals surface area (Å²) in [5.41, 5.74) is 5.68. The van der Waals surface area contributed by atoms with Crippen molar-refractivity contribution in [2.24, 2.45) is 0 Å². The summed E-state index contributed by atoms with van der Waals surface area (Å²) in [6.07, 6.45) is 9.55. The van der Waals surface area contributed by atoms with Gasteiger partial charge in [-0.2, -0.15) is 5.26 Å². The van der Waals surface area contributed by atoms with E-state index < -0.39 is 0 Å². The molecule has 170 valence electrons. The lowest BCUT2D eigenvalue weighted by atomic mass is 9.92. The summed E-state index contributed by atoms with van der Waals surface area (Å²) in [5, 5.41) is 23.1. The number of pyridine rings is 2. The molecule has 0 radical (unpaired) electrons. The molecule has 2 N–H and O–H groups in total. The summed E-state index contributed by atoms with van der Waals surface area (Å²) < 4.78 is 2.14. The van der Waals surface area contributed by atoms with Crippen molar-refractivity contribution < 1.29 is 5.11 Å². The first kappa shape index (κ1) is 20.8. The number of nitrogens with zero attached hydrogens (tertiary/aromatic N) is 5. The van der Waals surface area contributed by atoms with Crippen LogP contribution in [0.15, 0.2) is 55.0 Å². The number of imidazole rings is 1. The minimum absolute atomic E-state index is 0.0653. The zero-order valence-corrected chi connectivity index (χ0v) is 18.9. The lowest BCUT2D eigenvalue weighted by Crippen LogP contribution is -2.27. The Bertz CT molecular complexity index is 1400. The van der Waals surface area contributed by atoms with E-state index in [1.165, 1.54) is 18.4 Å². The number of anilines is 2. The van der Waals surface area contributed by atoms with E-state index >= 15 is 0 Å². The van der Waals surface area contributed by atoms with Crippen LogP contribution in [0, 0.1) is 11.3 Å². The van der Waals surface area contributed by atoms with Crippen LogP contribution in [0.4, 0.5) is 11.6 Å². The van der Waals surface area contributed by atoms with Crippen molar-refractivity contribution in [3.05, 3.63) is 66.1 Å². The molecule has 4 aromatic rings. The molecule has 34 heavy (non-hydrogen) atoms. The number of hydrogen-bond acceptors (Lipinski definition) is 6. The number of benzene rings is 1. The van der Waals surface area contributed by atoms with Gasteiger partial charge in [0, 0.05) is 11.8 Å². The molecule has 2 fully saturated rings. The van der Waals surface area contributed by atoms with Gasteiger partial charge >= 0.3 is 0 Å². The zero-order valence-electron chi connectivity index (χ0n) is 18.9. The van der Waals surface area contributed by atoms with Crippen molar-refractivity contribution in [2.75, 3.05) is 5.32 Å². The largest absolute Gasteiger partial charge is 0.391 e. The van der Waals surface area contributed by atoms with Crippen molar-refractivity contribution in [3.8, 4) is 17.3 Å². The van der Waals surface area contributed by atoms with Gasteiger partial charge in [0.25, 0.3) is 0 Å². The zero-order chi connectivity index (χ0) is 23.1. The molecule has 0 saturated heterocycles. The molecule has 7 nitrogen and oxygen atoms in total. The van der Waals surface area contributed by atoms with Gasteiger partial charge in [-0.05, 0) is 73.6 Å². The molecule has 0 unspecified atom stereocenters. The smallest absolute Gasteiger partial charge is 0.132 e. The van der Waals surface area contributed by atoms with Crippen LogP contribution in [0.5, 0.6) is 0 Å². The SMILES string of the molecule is N#Cc1ccnc(Nc2cc(C3CC3)cc(-c3ccc4ncn([C@@H]5CCCC[C@H]5O)c4c3)n2)c1. The van der Waals surface area contributed by atoms with Crippen LogP contribution in [0.1, 0.15) is 61.6 Å². The van der Waals surface area contributed by atoms with E-state index in [1.54, 1.807) is 18.3 Å². The first-order valence-electron chi connectivity index (χ1n) is 12.0. The number of aliphatic hydroxyl groups excluding tert-OH is 1. The average Bonchev–Trinajstić information content (AvgIpc) is 3.64. The van der Waals surface area contributed by atoms with Gasteiger partial charge in [-0.3, -0.25) is 0 Å². The van der Waals surface area contributed by atoms with Crippen molar-refractivity contribution in [1.29, 1.82) is 5.26 Å². The Morgan fingerprint density at radius 3 is 2.68 bits per heavy atom. The highest BCUT2D eigenvalue weighted by Crippen LogP contribution is 2.42. The van der Waals surface area contributed by atoms with Gasteiger partial charge in [0.1, 0.15) is 11.6 Å². The van der Waals surface area contributed by atoms with Crippen LogP contribution in [-0.2, 0) is 0 Å². The van der Waals surface area contributed by atoms with Gasteiger partial charge in [0.05, 0.1) is 46.8 Å². The van der Waals surface area contributed by atoms with Gasteiger partial charge in [-0.15, -0.1) is 0 Å². The van der Waals surface area contributed by atoms with Gasteiger partial charge < -0.3 is 15.0 Å². The minimum Gasteiger partial charge on any atom is -0.391 e. The maximum atomic E-state index is 10.6. The first-order chi connectivity index (χ1) is 16.7. The second-order valence-electron chi connectivity index (χ2n) is 9.39.